The van der Waals surface area contributed by atoms with Gasteiger partial charge < -0.3 is 19.5 Å². The summed E-state index contributed by atoms with van der Waals surface area (Å²) in [5, 5.41) is 7.66. The van der Waals surface area contributed by atoms with Crippen molar-refractivity contribution in [1.29, 1.82) is 0 Å². The molecule has 0 spiro atoms. The van der Waals surface area contributed by atoms with Gasteiger partial charge in [0.25, 0.3) is 5.91 Å². The maximum Gasteiger partial charge on any atom is 0.342 e. The summed E-state index contributed by atoms with van der Waals surface area (Å²) in [7, 11) is -0.890. The second-order valence-electron chi connectivity index (χ2n) is 5.91. The lowest BCUT2D eigenvalue weighted by Gasteiger charge is -2.12. The minimum atomic E-state index is -3.74. The number of sulfonamides is 1. The molecule has 0 saturated carbocycles. The summed E-state index contributed by atoms with van der Waals surface area (Å²) in [6.45, 7) is -0.170. The van der Waals surface area contributed by atoms with Crippen LogP contribution in [0.25, 0.3) is 0 Å². The van der Waals surface area contributed by atoms with Gasteiger partial charge >= 0.3 is 5.97 Å². The number of ether oxygens (including phenoxy) is 3. The van der Waals surface area contributed by atoms with Crippen LogP contribution >= 0.6 is 0 Å². The molecule has 0 aliphatic rings. The van der Waals surface area contributed by atoms with E-state index in [0.29, 0.717) is 12.2 Å². The number of amides is 1. The second-order valence-corrected chi connectivity index (χ2v) is 7.47. The van der Waals surface area contributed by atoms with E-state index in [2.05, 4.69) is 5.32 Å². The van der Waals surface area contributed by atoms with Gasteiger partial charge in [0.05, 0.1) is 19.1 Å². The van der Waals surface area contributed by atoms with E-state index in [1.165, 1.54) is 32.4 Å². The summed E-state index contributed by atoms with van der Waals surface area (Å²) in [6, 6.07) is 10.8. The quantitative estimate of drug-likeness (QED) is 0.573. The second kappa shape index (κ2) is 9.89. The number of hydrogen-bond donors (Lipinski definition) is 2. The normalized spacial score (nSPS) is 10.9. The number of rotatable bonds is 9. The predicted octanol–water partition coefficient (Wildman–Crippen LogP) is 0.867. The number of esters is 1. The van der Waals surface area contributed by atoms with E-state index < -0.39 is 28.5 Å². The Morgan fingerprint density at radius 3 is 2.31 bits per heavy atom. The van der Waals surface area contributed by atoms with Crippen molar-refractivity contribution in [1.82, 2.24) is 5.32 Å². The fourth-order valence-corrected chi connectivity index (χ4v) is 3.02. The number of primary sulfonamides is 1. The van der Waals surface area contributed by atoms with Gasteiger partial charge in [-0.25, -0.2) is 18.4 Å². The van der Waals surface area contributed by atoms with Gasteiger partial charge in [-0.05, 0) is 36.2 Å². The summed E-state index contributed by atoms with van der Waals surface area (Å²) < 4.78 is 37.7. The maximum atomic E-state index is 12.2. The first-order chi connectivity index (χ1) is 13.8. The van der Waals surface area contributed by atoms with Gasteiger partial charge in [0, 0.05) is 6.54 Å². The van der Waals surface area contributed by atoms with E-state index in [1.807, 2.05) is 0 Å². The van der Waals surface area contributed by atoms with Crippen LogP contribution in [-0.4, -0.2) is 47.7 Å². The third-order valence-electron chi connectivity index (χ3n) is 3.94. The van der Waals surface area contributed by atoms with Gasteiger partial charge in [0.15, 0.2) is 18.1 Å². The molecule has 0 bridgehead atoms. The molecule has 0 saturated heterocycles. The molecule has 29 heavy (non-hydrogen) atoms. The van der Waals surface area contributed by atoms with Crippen molar-refractivity contribution < 1.29 is 32.2 Å². The third kappa shape index (κ3) is 6.19. The molecule has 9 nitrogen and oxygen atoms in total. The van der Waals surface area contributed by atoms with Gasteiger partial charge in [-0.3, -0.25) is 4.79 Å². The van der Waals surface area contributed by atoms with E-state index in [9.17, 15) is 18.0 Å². The van der Waals surface area contributed by atoms with E-state index in [-0.39, 0.29) is 22.8 Å². The number of hydrogen-bond acceptors (Lipinski definition) is 7. The van der Waals surface area contributed by atoms with Crippen LogP contribution in [0.4, 0.5) is 0 Å². The van der Waals surface area contributed by atoms with E-state index >= 15 is 0 Å². The molecule has 1 amide bonds. The highest BCUT2D eigenvalue weighted by molar-refractivity contribution is 7.89. The minimum absolute atomic E-state index is 0.0187. The first kappa shape index (κ1) is 22.2. The molecule has 2 aromatic rings. The number of methoxy groups -OCH3 is 2. The molecule has 10 heteroatoms. The highest BCUT2D eigenvalue weighted by Gasteiger charge is 2.18. The summed E-state index contributed by atoms with van der Waals surface area (Å²) in [6.07, 6.45) is 0.467. The van der Waals surface area contributed by atoms with Crippen molar-refractivity contribution in [2.75, 3.05) is 27.4 Å². The topological polar surface area (TPSA) is 134 Å². The van der Waals surface area contributed by atoms with Crippen LogP contribution in [0.3, 0.4) is 0 Å². The Labute approximate surface area is 168 Å². The molecule has 0 heterocycles. The predicted molar refractivity (Wildman–Crippen MR) is 104 cm³/mol. The maximum absolute atomic E-state index is 12.2. The molecule has 2 aromatic carbocycles. The average Bonchev–Trinajstić information content (AvgIpc) is 2.71. The molecule has 0 aliphatic carbocycles. The average molecular weight is 422 g/mol. The summed E-state index contributed by atoms with van der Waals surface area (Å²) >= 11 is 0. The molecule has 156 valence electrons. The fourth-order valence-electron chi connectivity index (χ4n) is 2.50. The van der Waals surface area contributed by atoms with Crippen LogP contribution in [0.1, 0.15) is 15.9 Å². The summed E-state index contributed by atoms with van der Waals surface area (Å²) in [5.74, 6) is -0.584. The Bertz CT molecular complexity index is 973. The zero-order valence-corrected chi connectivity index (χ0v) is 16.8. The van der Waals surface area contributed by atoms with Crippen molar-refractivity contribution in [3.8, 4) is 11.5 Å². The Kier molecular flexibility index (Phi) is 7.57. The number of carbonyl (C=O) groups is 2. The molecule has 0 unspecified atom stereocenters. The molecule has 0 atom stereocenters. The zero-order chi connectivity index (χ0) is 21.4. The lowest BCUT2D eigenvalue weighted by atomic mass is 10.1. The Balaban J connectivity index is 1.82. The van der Waals surface area contributed by atoms with Crippen molar-refractivity contribution in [3.63, 3.8) is 0 Å². The van der Waals surface area contributed by atoms with Crippen LogP contribution in [0.15, 0.2) is 47.4 Å². The van der Waals surface area contributed by atoms with Gasteiger partial charge in [0.1, 0.15) is 5.56 Å². The Morgan fingerprint density at radius 2 is 1.72 bits per heavy atom. The Hall–Kier alpha value is -3.11. The first-order valence-electron chi connectivity index (χ1n) is 8.52. The molecule has 0 aromatic heterocycles. The van der Waals surface area contributed by atoms with Crippen LogP contribution in [-0.2, 0) is 26.0 Å². The standard InChI is InChI=1S/C19H22N2O7S/c1-26-16-5-3-4-15(18(16)27-2)19(23)28-12-17(22)21-11-10-13-6-8-14(9-7-13)29(20,24)25/h3-9H,10-12H2,1-2H3,(H,21,22)(H2,20,24,25). The monoisotopic (exact) mass is 422 g/mol. The summed E-state index contributed by atoms with van der Waals surface area (Å²) in [4.78, 5) is 24.1. The fraction of sp³-hybridized carbons (Fsp3) is 0.263. The lowest BCUT2D eigenvalue weighted by molar-refractivity contribution is -0.124. The smallest absolute Gasteiger partial charge is 0.342 e. The van der Waals surface area contributed by atoms with Crippen LogP contribution in [0.5, 0.6) is 11.5 Å². The number of nitrogens with two attached hydrogens (primary N) is 1. The number of para-hydroxylation sites is 1. The van der Waals surface area contributed by atoms with Gasteiger partial charge in [-0.15, -0.1) is 0 Å². The van der Waals surface area contributed by atoms with E-state index in [1.54, 1.807) is 24.3 Å². The van der Waals surface area contributed by atoms with Gasteiger partial charge in [-0.2, -0.15) is 0 Å². The van der Waals surface area contributed by atoms with Crippen LogP contribution in [0.2, 0.25) is 0 Å². The number of carbonyl (C=O) groups excluding carboxylic acids is 2. The third-order valence-corrected chi connectivity index (χ3v) is 4.87. The van der Waals surface area contributed by atoms with Crippen molar-refractivity contribution >= 4 is 21.9 Å². The molecule has 3 N–H and O–H groups in total. The first-order valence-corrected chi connectivity index (χ1v) is 10.1. The zero-order valence-electron chi connectivity index (χ0n) is 16.0. The van der Waals surface area contributed by atoms with Crippen molar-refractivity contribution in [3.05, 3.63) is 53.6 Å². The highest BCUT2D eigenvalue weighted by Crippen LogP contribution is 2.31. The number of benzene rings is 2. The summed E-state index contributed by atoms with van der Waals surface area (Å²) in [5.41, 5.74) is 0.963. The van der Waals surface area contributed by atoms with Gasteiger partial charge in [0.2, 0.25) is 10.0 Å². The van der Waals surface area contributed by atoms with Crippen LogP contribution < -0.4 is 19.9 Å². The minimum Gasteiger partial charge on any atom is -0.493 e. The SMILES string of the molecule is COc1cccc(C(=O)OCC(=O)NCCc2ccc(S(N)(=O)=O)cc2)c1OC. The Morgan fingerprint density at radius 1 is 1.03 bits per heavy atom. The van der Waals surface area contributed by atoms with E-state index in [0.717, 1.165) is 5.56 Å². The van der Waals surface area contributed by atoms with Gasteiger partial charge in [-0.1, -0.05) is 18.2 Å². The molecule has 0 aliphatic heterocycles. The molecular weight excluding hydrogens is 400 g/mol. The highest BCUT2D eigenvalue weighted by atomic mass is 32.2. The van der Waals surface area contributed by atoms with Crippen molar-refractivity contribution in [2.45, 2.75) is 11.3 Å². The molecule has 0 radical (unpaired) electrons. The number of nitrogens with one attached hydrogen (secondary N) is 1. The molecular formula is C19H22N2O7S. The molecule has 2 rings (SSSR count). The largest absolute Gasteiger partial charge is 0.493 e. The van der Waals surface area contributed by atoms with E-state index in [4.69, 9.17) is 19.3 Å². The molecule has 0 fully saturated rings. The van der Waals surface area contributed by atoms with Crippen molar-refractivity contribution in [2.24, 2.45) is 5.14 Å². The van der Waals surface area contributed by atoms with Crippen LogP contribution in [0, 0.1) is 0 Å². The lowest BCUT2D eigenvalue weighted by Crippen LogP contribution is -2.30.